The molecule has 140 valence electrons. The molecule has 0 spiro atoms. The molecule has 1 atom stereocenters. The average Bonchev–Trinajstić information content (AvgIpc) is 3.16. The molecule has 3 aromatic rings. The fourth-order valence-corrected chi connectivity index (χ4v) is 3.00. The molecule has 7 heteroatoms. The van der Waals surface area contributed by atoms with Crippen LogP contribution in [0.5, 0.6) is 0 Å². The minimum Gasteiger partial charge on any atom is -0.455 e. The number of aromatic nitrogens is 2. The van der Waals surface area contributed by atoms with Crippen molar-refractivity contribution in [2.24, 2.45) is 0 Å². The molecule has 0 bridgehead atoms. The number of carbonyl (C=O) groups excluding carboxylic acids is 1. The van der Waals surface area contributed by atoms with Gasteiger partial charge in [-0.25, -0.2) is 4.39 Å². The molecule has 0 saturated heterocycles. The SMILES string of the molecule is CC[C@@H](C)NC(=O)c1ccc(CSc2ccc(-c3ccc(F)cc3)nn2)o1. The van der Waals surface area contributed by atoms with Crippen LogP contribution in [-0.4, -0.2) is 22.1 Å². The van der Waals surface area contributed by atoms with Crippen LogP contribution in [0.1, 0.15) is 36.6 Å². The summed E-state index contributed by atoms with van der Waals surface area (Å²) in [6, 6.07) is 13.4. The zero-order valence-electron chi connectivity index (χ0n) is 15.1. The highest BCUT2D eigenvalue weighted by Gasteiger charge is 2.13. The van der Waals surface area contributed by atoms with Crippen LogP contribution >= 0.6 is 11.8 Å². The van der Waals surface area contributed by atoms with Gasteiger partial charge in [-0.15, -0.1) is 10.2 Å². The first-order valence-corrected chi connectivity index (χ1v) is 9.65. The number of carbonyl (C=O) groups is 1. The number of thioether (sulfide) groups is 1. The molecule has 0 radical (unpaired) electrons. The predicted molar refractivity (Wildman–Crippen MR) is 103 cm³/mol. The second kappa shape index (κ2) is 8.81. The Labute approximate surface area is 161 Å². The molecule has 0 saturated carbocycles. The number of benzene rings is 1. The van der Waals surface area contributed by atoms with Crippen molar-refractivity contribution in [3.8, 4) is 11.3 Å². The van der Waals surface area contributed by atoms with Gasteiger partial charge < -0.3 is 9.73 Å². The number of furan rings is 1. The van der Waals surface area contributed by atoms with Gasteiger partial charge in [0.25, 0.3) is 5.91 Å². The van der Waals surface area contributed by atoms with Gasteiger partial charge in [0.1, 0.15) is 16.6 Å². The third kappa shape index (κ3) is 5.17. The number of rotatable bonds is 7. The third-order valence-corrected chi connectivity index (χ3v) is 4.96. The third-order valence-electron chi connectivity index (χ3n) is 4.02. The smallest absolute Gasteiger partial charge is 0.287 e. The van der Waals surface area contributed by atoms with Gasteiger partial charge in [-0.1, -0.05) is 18.7 Å². The lowest BCUT2D eigenvalue weighted by Gasteiger charge is -2.09. The Balaban J connectivity index is 1.57. The van der Waals surface area contributed by atoms with Crippen LogP contribution < -0.4 is 5.32 Å². The van der Waals surface area contributed by atoms with E-state index >= 15 is 0 Å². The molecular weight excluding hydrogens is 365 g/mol. The van der Waals surface area contributed by atoms with E-state index in [9.17, 15) is 9.18 Å². The van der Waals surface area contributed by atoms with Crippen molar-refractivity contribution in [2.45, 2.75) is 37.1 Å². The molecule has 0 aliphatic rings. The Bertz CT molecular complexity index is 894. The van der Waals surface area contributed by atoms with E-state index in [1.165, 1.54) is 23.9 Å². The fraction of sp³-hybridized carbons (Fsp3) is 0.250. The number of amides is 1. The second-order valence-corrected chi connectivity index (χ2v) is 7.10. The lowest BCUT2D eigenvalue weighted by molar-refractivity contribution is 0.0910. The molecule has 2 heterocycles. The van der Waals surface area contributed by atoms with E-state index in [1.807, 2.05) is 26.0 Å². The van der Waals surface area contributed by atoms with E-state index in [0.717, 1.165) is 17.0 Å². The van der Waals surface area contributed by atoms with Gasteiger partial charge in [0, 0.05) is 11.6 Å². The summed E-state index contributed by atoms with van der Waals surface area (Å²) in [4.78, 5) is 12.0. The molecule has 3 rings (SSSR count). The second-order valence-electron chi connectivity index (χ2n) is 6.10. The normalized spacial score (nSPS) is 12.0. The van der Waals surface area contributed by atoms with Gasteiger partial charge in [0.2, 0.25) is 0 Å². The van der Waals surface area contributed by atoms with Crippen molar-refractivity contribution < 1.29 is 13.6 Å². The summed E-state index contributed by atoms with van der Waals surface area (Å²) in [7, 11) is 0. The molecule has 0 unspecified atom stereocenters. The van der Waals surface area contributed by atoms with E-state index in [-0.39, 0.29) is 17.8 Å². The van der Waals surface area contributed by atoms with Gasteiger partial charge in [0.15, 0.2) is 5.76 Å². The summed E-state index contributed by atoms with van der Waals surface area (Å²) in [5, 5.41) is 12.0. The zero-order valence-corrected chi connectivity index (χ0v) is 15.9. The predicted octanol–water partition coefficient (Wildman–Crippen LogP) is 4.70. The minimum absolute atomic E-state index is 0.107. The molecule has 1 aromatic carbocycles. The number of nitrogens with one attached hydrogen (secondary N) is 1. The number of nitrogens with zero attached hydrogens (tertiary/aromatic N) is 2. The van der Waals surface area contributed by atoms with E-state index in [1.54, 1.807) is 24.3 Å². The zero-order chi connectivity index (χ0) is 19.2. The van der Waals surface area contributed by atoms with Crippen molar-refractivity contribution in [3.63, 3.8) is 0 Å². The molecule has 1 amide bonds. The molecule has 5 nitrogen and oxygen atoms in total. The Kier molecular flexibility index (Phi) is 6.24. The first-order chi connectivity index (χ1) is 13.0. The van der Waals surface area contributed by atoms with Crippen molar-refractivity contribution in [3.05, 3.63) is 65.9 Å². The molecule has 27 heavy (non-hydrogen) atoms. The maximum absolute atomic E-state index is 13.0. The lowest BCUT2D eigenvalue weighted by Crippen LogP contribution is -2.31. The summed E-state index contributed by atoms with van der Waals surface area (Å²) in [6.45, 7) is 3.96. The van der Waals surface area contributed by atoms with Crippen molar-refractivity contribution in [1.29, 1.82) is 0 Å². The summed E-state index contributed by atoms with van der Waals surface area (Å²) >= 11 is 1.46. The standard InChI is InChI=1S/C20H20FN3O2S/c1-3-13(2)22-20(25)18-10-8-16(26-18)12-27-19-11-9-17(23-24-19)14-4-6-15(21)7-5-14/h4-11,13H,3,12H2,1-2H3,(H,22,25)/t13-/m1/s1. The van der Waals surface area contributed by atoms with Crippen LogP contribution in [0, 0.1) is 5.82 Å². The molecule has 0 aliphatic heterocycles. The van der Waals surface area contributed by atoms with Gasteiger partial charge in [-0.2, -0.15) is 0 Å². The Hall–Kier alpha value is -2.67. The fourth-order valence-electron chi connectivity index (χ4n) is 2.29. The van der Waals surface area contributed by atoms with Gasteiger partial charge in [-0.3, -0.25) is 4.79 Å². The highest BCUT2D eigenvalue weighted by molar-refractivity contribution is 7.98. The van der Waals surface area contributed by atoms with Crippen LogP contribution in [-0.2, 0) is 5.75 Å². The van der Waals surface area contributed by atoms with Gasteiger partial charge in [-0.05, 0) is 61.9 Å². The highest BCUT2D eigenvalue weighted by Crippen LogP contribution is 2.24. The summed E-state index contributed by atoms with van der Waals surface area (Å²) in [6.07, 6.45) is 0.863. The van der Waals surface area contributed by atoms with Gasteiger partial charge in [0.05, 0.1) is 11.4 Å². The minimum atomic E-state index is -0.283. The highest BCUT2D eigenvalue weighted by atomic mass is 32.2. The Morgan fingerprint density at radius 3 is 2.59 bits per heavy atom. The summed E-state index contributed by atoms with van der Waals surface area (Å²) in [5.74, 6) is 1.06. The average molecular weight is 385 g/mol. The van der Waals surface area contributed by atoms with E-state index in [4.69, 9.17) is 4.42 Å². The largest absolute Gasteiger partial charge is 0.455 e. The maximum Gasteiger partial charge on any atom is 0.287 e. The quantitative estimate of drug-likeness (QED) is 0.597. The lowest BCUT2D eigenvalue weighted by atomic mass is 10.1. The Morgan fingerprint density at radius 2 is 1.93 bits per heavy atom. The van der Waals surface area contributed by atoms with E-state index in [0.29, 0.717) is 23.0 Å². The number of halogens is 1. The topological polar surface area (TPSA) is 68.0 Å². The van der Waals surface area contributed by atoms with Crippen LogP contribution in [0.25, 0.3) is 11.3 Å². The van der Waals surface area contributed by atoms with Crippen LogP contribution in [0.3, 0.4) is 0 Å². The molecule has 1 N–H and O–H groups in total. The molecule has 0 aliphatic carbocycles. The summed E-state index contributed by atoms with van der Waals surface area (Å²) in [5.41, 5.74) is 1.49. The first kappa shape index (κ1) is 19.1. The van der Waals surface area contributed by atoms with Crippen molar-refractivity contribution in [2.75, 3.05) is 0 Å². The number of hydrogen-bond acceptors (Lipinski definition) is 5. The van der Waals surface area contributed by atoms with Crippen LogP contribution in [0.4, 0.5) is 4.39 Å². The Morgan fingerprint density at radius 1 is 1.15 bits per heavy atom. The van der Waals surface area contributed by atoms with Gasteiger partial charge >= 0.3 is 0 Å². The monoisotopic (exact) mass is 385 g/mol. The van der Waals surface area contributed by atoms with E-state index < -0.39 is 0 Å². The summed E-state index contributed by atoms with van der Waals surface area (Å²) < 4.78 is 18.6. The molecule has 2 aromatic heterocycles. The number of hydrogen-bond donors (Lipinski definition) is 1. The molecular formula is C20H20FN3O2S. The van der Waals surface area contributed by atoms with Crippen molar-refractivity contribution >= 4 is 17.7 Å². The van der Waals surface area contributed by atoms with Crippen LogP contribution in [0.2, 0.25) is 0 Å². The van der Waals surface area contributed by atoms with Crippen LogP contribution in [0.15, 0.2) is 58.0 Å². The van der Waals surface area contributed by atoms with Crippen molar-refractivity contribution in [1.82, 2.24) is 15.5 Å². The van der Waals surface area contributed by atoms with E-state index in [2.05, 4.69) is 15.5 Å². The first-order valence-electron chi connectivity index (χ1n) is 8.67. The maximum atomic E-state index is 13.0. The molecule has 0 fully saturated rings.